The molecule has 1 aromatic heterocycles. The number of aryl methyl sites for hydroxylation is 1. The average Bonchev–Trinajstić information content (AvgIpc) is 3.35. The molecule has 4 aromatic carbocycles. The third-order valence-corrected chi connectivity index (χ3v) is 8.10. The number of hydrogen-bond donors (Lipinski definition) is 1. The van der Waals surface area contributed by atoms with Crippen molar-refractivity contribution in [2.75, 3.05) is 12.4 Å². The summed E-state index contributed by atoms with van der Waals surface area (Å²) in [7, 11) is 0. The van der Waals surface area contributed by atoms with Gasteiger partial charge in [-0.15, -0.1) is 23.1 Å². The first kappa shape index (κ1) is 24.9. The van der Waals surface area contributed by atoms with E-state index in [2.05, 4.69) is 84.9 Å². The number of benzene rings is 4. The number of carboxylic acids is 1. The van der Waals surface area contributed by atoms with Crippen molar-refractivity contribution in [2.24, 2.45) is 0 Å². The molecule has 0 aliphatic heterocycles. The standard InChI is InChI=1S/C32H26O3S2/c1-22-19-27(15-16-29(22)35-21-32(33)34)36-18-17-28(31-20-26-9-5-6-10-30(26)37-31)25-13-11-24(12-14-25)23-7-3-2-4-8-23/h2-17,19-20H,18,21H2,1H3,(H,33,34)/b28-17-. The normalized spacial score (nSPS) is 11.5. The Morgan fingerprint density at radius 3 is 2.35 bits per heavy atom. The van der Waals surface area contributed by atoms with Crippen LogP contribution in [-0.2, 0) is 4.79 Å². The lowest BCUT2D eigenvalue weighted by Crippen LogP contribution is -2.09. The van der Waals surface area contributed by atoms with E-state index in [1.54, 1.807) is 11.8 Å². The van der Waals surface area contributed by atoms with E-state index in [0.29, 0.717) is 5.75 Å². The first-order valence-electron chi connectivity index (χ1n) is 12.0. The molecule has 0 saturated carbocycles. The second-order valence-corrected chi connectivity index (χ2v) is 10.8. The number of rotatable bonds is 9. The summed E-state index contributed by atoms with van der Waals surface area (Å²) in [6.07, 6.45) is 2.30. The van der Waals surface area contributed by atoms with E-state index in [-0.39, 0.29) is 6.61 Å². The van der Waals surface area contributed by atoms with E-state index < -0.39 is 5.97 Å². The number of hydrogen-bond acceptors (Lipinski definition) is 4. The Morgan fingerprint density at radius 2 is 1.62 bits per heavy atom. The van der Waals surface area contributed by atoms with Crippen molar-refractivity contribution < 1.29 is 14.6 Å². The average molecular weight is 523 g/mol. The van der Waals surface area contributed by atoms with Crippen LogP contribution < -0.4 is 4.74 Å². The molecule has 0 aliphatic carbocycles. The number of aliphatic carboxylic acids is 1. The molecule has 1 heterocycles. The van der Waals surface area contributed by atoms with E-state index >= 15 is 0 Å². The summed E-state index contributed by atoms with van der Waals surface area (Å²) in [6, 6.07) is 35.9. The van der Waals surface area contributed by atoms with Gasteiger partial charge >= 0.3 is 5.97 Å². The number of thiophene rings is 1. The van der Waals surface area contributed by atoms with Gasteiger partial charge in [0.25, 0.3) is 0 Å². The van der Waals surface area contributed by atoms with Gasteiger partial charge in [0.1, 0.15) is 5.75 Å². The highest BCUT2D eigenvalue weighted by Gasteiger charge is 2.11. The predicted octanol–water partition coefficient (Wildman–Crippen LogP) is 8.56. The molecule has 3 nitrogen and oxygen atoms in total. The third-order valence-electron chi connectivity index (χ3n) is 6.03. The van der Waals surface area contributed by atoms with Crippen molar-refractivity contribution in [3.8, 4) is 16.9 Å². The molecule has 1 N–H and O–H groups in total. The third kappa shape index (κ3) is 6.13. The Hall–Kier alpha value is -3.80. The molecule has 0 atom stereocenters. The van der Waals surface area contributed by atoms with Crippen LogP contribution in [0.4, 0.5) is 0 Å². The fourth-order valence-electron chi connectivity index (χ4n) is 4.18. The minimum Gasteiger partial charge on any atom is -0.482 e. The maximum Gasteiger partial charge on any atom is 0.341 e. The van der Waals surface area contributed by atoms with Gasteiger partial charge in [-0.25, -0.2) is 4.79 Å². The summed E-state index contributed by atoms with van der Waals surface area (Å²) < 4.78 is 6.64. The van der Waals surface area contributed by atoms with E-state index in [1.165, 1.54) is 37.2 Å². The molecule has 5 aromatic rings. The Bertz CT molecular complexity index is 1520. The molecule has 37 heavy (non-hydrogen) atoms. The van der Waals surface area contributed by atoms with Gasteiger partial charge in [0.15, 0.2) is 6.61 Å². The molecule has 0 amide bonds. The maximum absolute atomic E-state index is 10.8. The molecule has 0 spiro atoms. The van der Waals surface area contributed by atoms with Crippen molar-refractivity contribution in [1.82, 2.24) is 0 Å². The maximum atomic E-state index is 10.8. The van der Waals surface area contributed by atoms with Crippen LogP contribution in [0, 0.1) is 6.92 Å². The quantitative estimate of drug-likeness (QED) is 0.197. The summed E-state index contributed by atoms with van der Waals surface area (Å²) in [6.45, 7) is 1.60. The van der Waals surface area contributed by atoms with E-state index in [9.17, 15) is 4.79 Å². The van der Waals surface area contributed by atoms with Crippen molar-refractivity contribution >= 4 is 44.7 Å². The predicted molar refractivity (Wildman–Crippen MR) is 156 cm³/mol. The number of carboxylic acid groups (broad SMARTS) is 1. The lowest BCUT2D eigenvalue weighted by Gasteiger charge is -2.10. The molecule has 0 radical (unpaired) electrons. The van der Waals surface area contributed by atoms with Crippen LogP contribution in [0.3, 0.4) is 0 Å². The Balaban J connectivity index is 1.40. The molecular weight excluding hydrogens is 496 g/mol. The topological polar surface area (TPSA) is 46.5 Å². The number of carbonyl (C=O) groups is 1. The SMILES string of the molecule is Cc1cc(SC/C=C(/c2ccc(-c3ccccc3)cc2)c2cc3ccccc3s2)ccc1OCC(=O)O. The lowest BCUT2D eigenvalue weighted by molar-refractivity contribution is -0.139. The molecule has 5 heteroatoms. The van der Waals surface area contributed by atoms with E-state index in [4.69, 9.17) is 9.84 Å². The second kappa shape index (κ2) is 11.5. The van der Waals surface area contributed by atoms with Crippen LogP contribution in [0.25, 0.3) is 26.8 Å². The van der Waals surface area contributed by atoms with Crippen LogP contribution in [0.1, 0.15) is 16.0 Å². The van der Waals surface area contributed by atoms with Gasteiger partial charge in [-0.05, 0) is 70.5 Å². The molecule has 5 rings (SSSR count). The number of ether oxygens (including phenoxy) is 1. The number of thioether (sulfide) groups is 1. The van der Waals surface area contributed by atoms with Gasteiger partial charge in [-0.2, -0.15) is 0 Å². The minimum atomic E-state index is -0.978. The van der Waals surface area contributed by atoms with E-state index in [0.717, 1.165) is 16.2 Å². The molecule has 0 saturated heterocycles. The van der Waals surface area contributed by atoms with Gasteiger partial charge in [-0.3, -0.25) is 0 Å². The van der Waals surface area contributed by atoms with Crippen molar-refractivity contribution in [2.45, 2.75) is 11.8 Å². The van der Waals surface area contributed by atoms with Gasteiger partial charge < -0.3 is 9.84 Å². The second-order valence-electron chi connectivity index (χ2n) is 8.63. The van der Waals surface area contributed by atoms with Crippen molar-refractivity contribution in [1.29, 1.82) is 0 Å². The largest absolute Gasteiger partial charge is 0.482 e. The van der Waals surface area contributed by atoms with Gasteiger partial charge in [0.05, 0.1) is 0 Å². The van der Waals surface area contributed by atoms with Crippen molar-refractivity contribution in [3.05, 3.63) is 125 Å². The van der Waals surface area contributed by atoms with Gasteiger partial charge in [0, 0.05) is 20.2 Å². The highest BCUT2D eigenvalue weighted by Crippen LogP contribution is 2.36. The molecule has 0 fully saturated rings. The summed E-state index contributed by atoms with van der Waals surface area (Å²) in [4.78, 5) is 13.2. The smallest absolute Gasteiger partial charge is 0.341 e. The zero-order chi connectivity index (χ0) is 25.6. The lowest BCUT2D eigenvalue weighted by atomic mass is 9.99. The van der Waals surface area contributed by atoms with Gasteiger partial charge in [0.2, 0.25) is 0 Å². The Morgan fingerprint density at radius 1 is 0.892 bits per heavy atom. The summed E-state index contributed by atoms with van der Waals surface area (Å²) in [5.41, 5.74) is 5.77. The summed E-state index contributed by atoms with van der Waals surface area (Å²) in [5, 5.41) is 10.1. The zero-order valence-electron chi connectivity index (χ0n) is 20.4. The zero-order valence-corrected chi connectivity index (χ0v) is 22.0. The highest BCUT2D eigenvalue weighted by molar-refractivity contribution is 7.99. The summed E-state index contributed by atoms with van der Waals surface area (Å²) in [5.74, 6) is 0.430. The molecule has 0 unspecified atom stereocenters. The summed E-state index contributed by atoms with van der Waals surface area (Å²) >= 11 is 3.57. The Labute approximate surface area is 225 Å². The van der Waals surface area contributed by atoms with Crippen LogP contribution in [0.15, 0.2) is 114 Å². The molecule has 184 valence electrons. The fraction of sp³-hybridized carbons (Fsp3) is 0.0938. The molecule has 0 aliphatic rings. The van der Waals surface area contributed by atoms with Crippen LogP contribution in [0.5, 0.6) is 5.75 Å². The highest BCUT2D eigenvalue weighted by atomic mass is 32.2. The first-order valence-corrected chi connectivity index (χ1v) is 13.8. The minimum absolute atomic E-state index is 0.336. The van der Waals surface area contributed by atoms with Crippen LogP contribution >= 0.6 is 23.1 Å². The molecule has 0 bridgehead atoms. The van der Waals surface area contributed by atoms with E-state index in [1.807, 2.05) is 42.5 Å². The monoisotopic (exact) mass is 522 g/mol. The number of fused-ring (bicyclic) bond motifs is 1. The van der Waals surface area contributed by atoms with Crippen molar-refractivity contribution in [3.63, 3.8) is 0 Å². The van der Waals surface area contributed by atoms with Gasteiger partial charge in [-0.1, -0.05) is 78.9 Å². The molecular formula is C32H26O3S2. The van der Waals surface area contributed by atoms with Crippen LogP contribution in [-0.4, -0.2) is 23.4 Å². The fourth-order valence-corrected chi connectivity index (χ4v) is 6.17. The Kier molecular flexibility index (Phi) is 7.73. The first-order chi connectivity index (χ1) is 18.1. The van der Waals surface area contributed by atoms with Crippen LogP contribution in [0.2, 0.25) is 0 Å².